The molecule has 146 valence electrons. The number of carbonyl (C=O) groups is 3. The van der Waals surface area contributed by atoms with E-state index in [0.29, 0.717) is 24.5 Å². The van der Waals surface area contributed by atoms with Gasteiger partial charge in [-0.1, -0.05) is 6.07 Å². The highest BCUT2D eigenvalue weighted by atomic mass is 16.2. The highest BCUT2D eigenvalue weighted by molar-refractivity contribution is 6.19. The van der Waals surface area contributed by atoms with Gasteiger partial charge in [0.25, 0.3) is 5.91 Å². The molecule has 0 bridgehead atoms. The normalized spacial score (nSPS) is 20.0. The van der Waals surface area contributed by atoms with Gasteiger partial charge in [0.2, 0.25) is 0 Å². The third-order valence-electron chi connectivity index (χ3n) is 5.17. The van der Waals surface area contributed by atoms with Crippen molar-refractivity contribution in [3.8, 4) is 0 Å². The first-order chi connectivity index (χ1) is 13.5. The molecule has 0 aliphatic carbocycles. The molecule has 2 aromatic rings. The van der Waals surface area contributed by atoms with Crippen LogP contribution in [0.25, 0.3) is 0 Å². The van der Waals surface area contributed by atoms with Gasteiger partial charge in [-0.25, -0.2) is 14.5 Å². The molecular formula is C19H22N6O3. The molecule has 2 fully saturated rings. The second kappa shape index (κ2) is 7.34. The van der Waals surface area contributed by atoms with E-state index in [1.165, 1.54) is 4.90 Å². The number of imide groups is 1. The van der Waals surface area contributed by atoms with Crippen LogP contribution < -0.4 is 10.2 Å². The molecule has 0 radical (unpaired) electrons. The molecule has 0 spiro atoms. The maximum atomic E-state index is 12.7. The summed E-state index contributed by atoms with van der Waals surface area (Å²) >= 11 is 0. The number of aromatic amines is 1. The van der Waals surface area contributed by atoms with Gasteiger partial charge in [-0.3, -0.25) is 9.89 Å². The van der Waals surface area contributed by atoms with Crippen LogP contribution in [0.1, 0.15) is 24.5 Å². The smallest absolute Gasteiger partial charge is 0.324 e. The van der Waals surface area contributed by atoms with E-state index in [0.717, 1.165) is 23.4 Å². The van der Waals surface area contributed by atoms with E-state index in [2.05, 4.69) is 15.5 Å². The van der Waals surface area contributed by atoms with Gasteiger partial charge in [0.05, 0.1) is 5.69 Å². The van der Waals surface area contributed by atoms with Gasteiger partial charge in [0.1, 0.15) is 6.54 Å². The lowest BCUT2D eigenvalue weighted by molar-refractivity contribution is -0.116. The number of anilines is 2. The molecule has 2 N–H and O–H groups in total. The summed E-state index contributed by atoms with van der Waals surface area (Å²) in [6.45, 7) is 1.35. The number of benzene rings is 1. The zero-order valence-electron chi connectivity index (χ0n) is 15.6. The number of likely N-dealkylation sites (tertiary alicyclic amines) is 1. The molecule has 2 aliphatic rings. The van der Waals surface area contributed by atoms with E-state index in [-0.39, 0.29) is 30.4 Å². The first-order valence-corrected chi connectivity index (χ1v) is 9.26. The Labute approximate surface area is 162 Å². The molecule has 1 aromatic heterocycles. The molecule has 1 atom stereocenters. The summed E-state index contributed by atoms with van der Waals surface area (Å²) in [5.74, 6) is -0.0434. The van der Waals surface area contributed by atoms with Crippen LogP contribution >= 0.6 is 0 Å². The van der Waals surface area contributed by atoms with E-state index < -0.39 is 0 Å². The van der Waals surface area contributed by atoms with Gasteiger partial charge in [-0.15, -0.1) is 0 Å². The summed E-state index contributed by atoms with van der Waals surface area (Å²) in [5.41, 5.74) is 2.03. The molecule has 2 aliphatic heterocycles. The zero-order valence-corrected chi connectivity index (χ0v) is 15.6. The Bertz CT molecular complexity index is 897. The Balaban J connectivity index is 1.45. The molecule has 5 amide bonds. The highest BCUT2D eigenvalue weighted by Crippen LogP contribution is 2.27. The minimum absolute atomic E-state index is 0.0538. The Morgan fingerprint density at radius 3 is 2.86 bits per heavy atom. The van der Waals surface area contributed by atoms with Gasteiger partial charge in [-0.05, 0) is 37.1 Å². The van der Waals surface area contributed by atoms with Crippen molar-refractivity contribution in [1.29, 1.82) is 0 Å². The largest absolute Gasteiger partial charge is 0.331 e. The number of amides is 5. The lowest BCUT2D eigenvalue weighted by atomic mass is 9.95. The number of aromatic nitrogens is 2. The van der Waals surface area contributed by atoms with Gasteiger partial charge in [-0.2, -0.15) is 5.10 Å². The van der Waals surface area contributed by atoms with Crippen molar-refractivity contribution in [2.45, 2.75) is 18.8 Å². The number of H-pyrrole nitrogens is 1. The summed E-state index contributed by atoms with van der Waals surface area (Å²) in [4.78, 5) is 41.3. The van der Waals surface area contributed by atoms with Crippen molar-refractivity contribution >= 4 is 29.3 Å². The molecule has 3 heterocycles. The average molecular weight is 382 g/mol. The fraction of sp³-hybridized carbons (Fsp3) is 0.368. The lowest BCUT2D eigenvalue weighted by Gasteiger charge is -2.32. The highest BCUT2D eigenvalue weighted by Gasteiger charge is 2.35. The van der Waals surface area contributed by atoms with Crippen LogP contribution in [0.3, 0.4) is 0 Å². The van der Waals surface area contributed by atoms with Gasteiger partial charge in [0.15, 0.2) is 0 Å². The van der Waals surface area contributed by atoms with E-state index in [1.54, 1.807) is 42.4 Å². The van der Waals surface area contributed by atoms with E-state index >= 15 is 0 Å². The molecule has 2 saturated heterocycles. The third kappa shape index (κ3) is 3.42. The number of carbonyl (C=O) groups excluding carboxylic acids is 3. The van der Waals surface area contributed by atoms with Crippen molar-refractivity contribution in [3.63, 3.8) is 0 Å². The van der Waals surface area contributed by atoms with Crippen molar-refractivity contribution in [3.05, 3.63) is 42.2 Å². The summed E-state index contributed by atoms with van der Waals surface area (Å²) in [6, 6.07) is 8.16. The van der Waals surface area contributed by atoms with Crippen LogP contribution in [0.15, 0.2) is 36.5 Å². The predicted octanol–water partition coefficient (Wildman–Crippen LogP) is 2.22. The minimum Gasteiger partial charge on any atom is -0.324 e. The van der Waals surface area contributed by atoms with Crippen molar-refractivity contribution in [2.75, 3.05) is 36.9 Å². The molecule has 1 unspecified atom stereocenters. The Kier molecular flexibility index (Phi) is 4.72. The SMILES string of the molecule is CN1CC(=O)N(c2cccc(NC(=O)N3CCCC(c4ccn[nH]4)C3)c2)C1=O. The second-order valence-corrected chi connectivity index (χ2v) is 7.15. The summed E-state index contributed by atoms with van der Waals surface area (Å²) in [5, 5.41) is 9.86. The number of nitrogens with zero attached hydrogens (tertiary/aromatic N) is 4. The number of nitrogens with one attached hydrogen (secondary N) is 2. The number of hydrogen-bond acceptors (Lipinski definition) is 4. The molecule has 4 rings (SSSR count). The number of urea groups is 2. The van der Waals surface area contributed by atoms with Crippen LogP contribution in [0.5, 0.6) is 0 Å². The lowest BCUT2D eigenvalue weighted by Crippen LogP contribution is -2.41. The van der Waals surface area contributed by atoms with Crippen LogP contribution in [0.4, 0.5) is 21.0 Å². The first kappa shape index (κ1) is 18.0. The standard InChI is InChI=1S/C19H22N6O3/c1-23-12-17(26)25(19(23)28)15-6-2-5-14(10-15)21-18(27)24-9-3-4-13(11-24)16-7-8-20-22-16/h2,5-8,10,13H,3-4,9,11-12H2,1H3,(H,20,22)(H,21,27). The van der Waals surface area contributed by atoms with Crippen LogP contribution in [0.2, 0.25) is 0 Å². The van der Waals surface area contributed by atoms with Crippen molar-refractivity contribution < 1.29 is 14.4 Å². The average Bonchev–Trinajstić information content (AvgIpc) is 3.31. The van der Waals surface area contributed by atoms with Crippen molar-refractivity contribution in [1.82, 2.24) is 20.0 Å². The second-order valence-electron chi connectivity index (χ2n) is 7.15. The van der Waals surface area contributed by atoms with Gasteiger partial charge >= 0.3 is 12.1 Å². The molecule has 0 saturated carbocycles. The molecule has 1 aromatic carbocycles. The quantitative estimate of drug-likeness (QED) is 0.795. The molecule has 28 heavy (non-hydrogen) atoms. The summed E-state index contributed by atoms with van der Waals surface area (Å²) in [7, 11) is 1.58. The number of likely N-dealkylation sites (N-methyl/N-ethyl adjacent to an activating group) is 1. The zero-order chi connectivity index (χ0) is 19.7. The predicted molar refractivity (Wildman–Crippen MR) is 103 cm³/mol. The molecule has 9 heteroatoms. The van der Waals surface area contributed by atoms with Gasteiger partial charge in [0, 0.05) is 43.6 Å². The van der Waals surface area contributed by atoms with E-state index in [1.807, 2.05) is 6.07 Å². The van der Waals surface area contributed by atoms with Gasteiger partial charge < -0.3 is 15.1 Å². The summed E-state index contributed by atoms with van der Waals surface area (Å²) < 4.78 is 0. The topological polar surface area (TPSA) is 102 Å². The maximum absolute atomic E-state index is 12.7. The van der Waals surface area contributed by atoms with Crippen LogP contribution in [0, 0.1) is 0 Å². The fourth-order valence-corrected chi connectivity index (χ4v) is 3.71. The molecule has 9 nitrogen and oxygen atoms in total. The van der Waals surface area contributed by atoms with Crippen LogP contribution in [-0.4, -0.2) is 64.6 Å². The van der Waals surface area contributed by atoms with E-state index in [9.17, 15) is 14.4 Å². The van der Waals surface area contributed by atoms with E-state index in [4.69, 9.17) is 0 Å². The maximum Gasteiger partial charge on any atom is 0.331 e. The molecular weight excluding hydrogens is 360 g/mol. The number of rotatable bonds is 3. The number of hydrogen-bond donors (Lipinski definition) is 2. The Morgan fingerprint density at radius 1 is 1.29 bits per heavy atom. The van der Waals surface area contributed by atoms with Crippen LogP contribution in [-0.2, 0) is 4.79 Å². The summed E-state index contributed by atoms with van der Waals surface area (Å²) in [6.07, 6.45) is 3.65. The first-order valence-electron chi connectivity index (χ1n) is 9.26. The minimum atomic E-state index is -0.369. The fourth-order valence-electron chi connectivity index (χ4n) is 3.71. The monoisotopic (exact) mass is 382 g/mol. The van der Waals surface area contributed by atoms with Crippen molar-refractivity contribution in [2.24, 2.45) is 0 Å². The number of piperidine rings is 1. The Hall–Kier alpha value is -3.36. The Morgan fingerprint density at radius 2 is 2.14 bits per heavy atom. The third-order valence-corrected chi connectivity index (χ3v) is 5.17.